The zero-order chi connectivity index (χ0) is 36.7. The van der Waals surface area contributed by atoms with E-state index in [1.165, 1.54) is 0 Å². The van der Waals surface area contributed by atoms with Gasteiger partial charge in [0.1, 0.15) is 35.8 Å². The van der Waals surface area contributed by atoms with Crippen LogP contribution in [0.4, 0.5) is 0 Å². The van der Waals surface area contributed by atoms with Crippen LogP contribution in [0.5, 0.6) is 0 Å². The number of nitrogens with zero attached hydrogens (tertiary/aromatic N) is 1. The van der Waals surface area contributed by atoms with Crippen LogP contribution < -0.4 is 0 Å². The number of hydrogen-bond acceptors (Lipinski definition) is 12. The number of cyclic esters (lactones) is 1. The van der Waals surface area contributed by atoms with Gasteiger partial charge in [0.15, 0.2) is 12.6 Å². The van der Waals surface area contributed by atoms with Crippen molar-refractivity contribution in [2.24, 2.45) is 23.7 Å². The molecule has 0 spiro atoms. The van der Waals surface area contributed by atoms with Gasteiger partial charge in [0.25, 0.3) is 0 Å². The van der Waals surface area contributed by atoms with Crippen LogP contribution in [0.25, 0.3) is 0 Å². The van der Waals surface area contributed by atoms with Gasteiger partial charge >= 0.3 is 5.97 Å². The minimum absolute atomic E-state index is 0.183. The number of fused-ring (bicyclic) bond motifs is 2. The summed E-state index contributed by atoms with van der Waals surface area (Å²) in [7, 11) is 5.40. The Bertz CT molecular complexity index is 1170. The predicted molar refractivity (Wildman–Crippen MR) is 182 cm³/mol. The minimum Gasteiger partial charge on any atom is -0.489 e. The molecule has 4 heterocycles. The van der Waals surface area contributed by atoms with E-state index >= 15 is 0 Å². The number of carbonyl (C=O) groups excluding carboxylic acids is 1. The molecule has 2 bridgehead atoms. The molecule has 12 nitrogen and oxygen atoms in total. The van der Waals surface area contributed by atoms with Crippen LogP contribution in [0.2, 0.25) is 0 Å². The summed E-state index contributed by atoms with van der Waals surface area (Å²) in [6, 6.07) is -0.203. The first kappa shape index (κ1) is 40.4. The molecule has 0 radical (unpaired) electrons. The average Bonchev–Trinajstić information content (AvgIpc) is 3.36. The van der Waals surface area contributed by atoms with Crippen LogP contribution in [-0.2, 0) is 38.0 Å². The second-order valence-electron chi connectivity index (χ2n) is 16.1. The van der Waals surface area contributed by atoms with Crippen LogP contribution >= 0.6 is 0 Å². The number of methoxy groups -OCH3 is 1. The molecule has 4 rings (SSSR count). The van der Waals surface area contributed by atoms with Gasteiger partial charge in [0.2, 0.25) is 0 Å². The molecule has 0 aromatic carbocycles. The molecule has 0 saturated carbocycles. The molecule has 3 fully saturated rings. The van der Waals surface area contributed by atoms with Crippen molar-refractivity contribution in [1.82, 2.24) is 4.90 Å². The highest BCUT2D eigenvalue weighted by Crippen LogP contribution is 2.47. The van der Waals surface area contributed by atoms with Gasteiger partial charge < -0.3 is 53.4 Å². The molecule has 0 aromatic rings. The lowest BCUT2D eigenvalue weighted by Gasteiger charge is -2.48. The third-order valence-corrected chi connectivity index (χ3v) is 11.9. The van der Waals surface area contributed by atoms with Crippen molar-refractivity contribution in [3.05, 3.63) is 11.3 Å². The molecule has 17 atom stereocenters. The fraction of sp³-hybridized carbons (Fsp3) is 0.919. The van der Waals surface area contributed by atoms with E-state index in [9.17, 15) is 20.1 Å². The highest BCUT2D eigenvalue weighted by molar-refractivity contribution is 5.73. The highest BCUT2D eigenvalue weighted by Gasteiger charge is 2.55. The summed E-state index contributed by atoms with van der Waals surface area (Å²) in [5, 5.41) is 34.1. The monoisotopic (exact) mass is 699 g/mol. The molecule has 3 saturated heterocycles. The number of likely N-dealkylation sites (N-methyl/N-ethyl adjacent to an activating group) is 1. The van der Waals surface area contributed by atoms with Gasteiger partial charge in [0, 0.05) is 43.7 Å². The Hall–Kier alpha value is -1.35. The van der Waals surface area contributed by atoms with Crippen molar-refractivity contribution in [2.45, 2.75) is 174 Å². The van der Waals surface area contributed by atoms with Crippen molar-refractivity contribution in [1.29, 1.82) is 0 Å². The Kier molecular flexibility index (Phi) is 13.0. The number of aliphatic hydroxyl groups is 3. The summed E-state index contributed by atoms with van der Waals surface area (Å²) in [5.41, 5.74) is -0.930. The molecule has 0 aliphatic carbocycles. The summed E-state index contributed by atoms with van der Waals surface area (Å²) in [6.45, 7) is 19.0. The van der Waals surface area contributed by atoms with Crippen LogP contribution in [0.1, 0.15) is 94.9 Å². The lowest BCUT2D eigenvalue weighted by Crippen LogP contribution is -2.60. The van der Waals surface area contributed by atoms with Gasteiger partial charge in [-0.3, -0.25) is 4.79 Å². The van der Waals surface area contributed by atoms with Crippen LogP contribution in [0.15, 0.2) is 11.3 Å². The minimum atomic E-state index is -0.989. The van der Waals surface area contributed by atoms with Gasteiger partial charge in [-0.1, -0.05) is 27.7 Å². The molecular weight excluding hydrogens is 634 g/mol. The lowest BCUT2D eigenvalue weighted by molar-refractivity contribution is -0.316. The summed E-state index contributed by atoms with van der Waals surface area (Å²) >= 11 is 0. The maximum atomic E-state index is 14.1. The van der Waals surface area contributed by atoms with Gasteiger partial charge in [-0.05, 0) is 74.1 Å². The average molecular weight is 700 g/mol. The maximum absolute atomic E-state index is 14.1. The number of ether oxygens (including phenoxy) is 7. The molecule has 284 valence electrons. The van der Waals surface area contributed by atoms with Gasteiger partial charge in [-0.2, -0.15) is 0 Å². The third kappa shape index (κ3) is 8.18. The van der Waals surface area contributed by atoms with Crippen LogP contribution in [0, 0.1) is 23.7 Å². The molecule has 3 N–H and O–H groups in total. The van der Waals surface area contributed by atoms with Crippen LogP contribution in [0.3, 0.4) is 0 Å². The van der Waals surface area contributed by atoms with Crippen molar-refractivity contribution in [3.8, 4) is 0 Å². The Morgan fingerprint density at radius 1 is 0.939 bits per heavy atom. The highest BCUT2D eigenvalue weighted by atomic mass is 16.7. The van der Waals surface area contributed by atoms with E-state index in [0.29, 0.717) is 25.0 Å². The zero-order valence-electron chi connectivity index (χ0n) is 32.0. The Balaban J connectivity index is 1.82. The van der Waals surface area contributed by atoms with E-state index in [2.05, 4.69) is 0 Å². The van der Waals surface area contributed by atoms with E-state index in [0.717, 1.165) is 5.57 Å². The third-order valence-electron chi connectivity index (χ3n) is 11.9. The number of esters is 1. The second-order valence-corrected chi connectivity index (χ2v) is 16.1. The molecule has 0 amide bonds. The zero-order valence-corrected chi connectivity index (χ0v) is 32.0. The first-order valence-corrected chi connectivity index (χ1v) is 18.2. The predicted octanol–water partition coefficient (Wildman–Crippen LogP) is 3.78. The quantitative estimate of drug-likeness (QED) is 0.333. The summed E-state index contributed by atoms with van der Waals surface area (Å²) < 4.78 is 45.0. The molecule has 49 heavy (non-hydrogen) atoms. The Morgan fingerprint density at radius 2 is 1.59 bits per heavy atom. The molecule has 4 aliphatic heterocycles. The smallest absolute Gasteiger partial charge is 0.311 e. The SMILES string of the molecule is CC[C@H]1OC(=O)[C@H](C)[C@@H](O[C@H]2C[C@@](C)(OC)[C@@H](O)[C@H](C)O2)[C@H](C)[C@@H](O[C@@H]2O[C@H](C)C[C@H](N(C)C)[C@H]2O)[C@]2(C)CC(C)=C(O2)[C@H](C)[C@@H](O)[C@H]1C. The normalized spacial score (nSPS) is 48.8. The number of aliphatic hydroxyl groups excluding tert-OH is 3. The van der Waals surface area contributed by atoms with Gasteiger partial charge in [-0.15, -0.1) is 0 Å². The Labute approximate surface area is 293 Å². The molecule has 0 unspecified atom stereocenters. The van der Waals surface area contributed by atoms with Crippen molar-refractivity contribution in [2.75, 3.05) is 21.2 Å². The van der Waals surface area contributed by atoms with Gasteiger partial charge in [0.05, 0.1) is 35.9 Å². The fourth-order valence-electron chi connectivity index (χ4n) is 8.67. The van der Waals surface area contributed by atoms with E-state index in [1.807, 2.05) is 74.4 Å². The first-order valence-electron chi connectivity index (χ1n) is 18.2. The number of hydrogen-bond donors (Lipinski definition) is 3. The molecule has 4 aliphatic rings. The van der Waals surface area contributed by atoms with E-state index in [4.69, 9.17) is 33.2 Å². The van der Waals surface area contributed by atoms with E-state index < -0.39 is 84.3 Å². The topological polar surface area (TPSA) is 146 Å². The van der Waals surface area contributed by atoms with Crippen molar-refractivity contribution >= 4 is 5.97 Å². The first-order chi connectivity index (χ1) is 22.8. The summed E-state index contributed by atoms with van der Waals surface area (Å²) in [6.07, 6.45) is -5.56. The Morgan fingerprint density at radius 3 is 2.18 bits per heavy atom. The van der Waals surface area contributed by atoms with Crippen LogP contribution in [-0.4, -0.2) is 126 Å². The maximum Gasteiger partial charge on any atom is 0.311 e. The van der Waals surface area contributed by atoms with E-state index in [1.54, 1.807) is 21.0 Å². The fourth-order valence-corrected chi connectivity index (χ4v) is 8.67. The van der Waals surface area contributed by atoms with Crippen molar-refractivity contribution < 1.29 is 53.3 Å². The van der Waals surface area contributed by atoms with Gasteiger partial charge in [-0.25, -0.2) is 0 Å². The number of carbonyl (C=O) groups is 1. The van der Waals surface area contributed by atoms with Crippen molar-refractivity contribution in [3.63, 3.8) is 0 Å². The molecular formula is C37H65NO11. The molecule has 12 heteroatoms. The summed E-state index contributed by atoms with van der Waals surface area (Å²) in [5.74, 6) is -1.87. The lowest BCUT2D eigenvalue weighted by atomic mass is 9.79. The number of rotatable bonds is 7. The largest absolute Gasteiger partial charge is 0.489 e. The molecule has 0 aromatic heterocycles. The second kappa shape index (κ2) is 15.7. The summed E-state index contributed by atoms with van der Waals surface area (Å²) in [4.78, 5) is 16.1. The van der Waals surface area contributed by atoms with E-state index in [-0.39, 0.29) is 30.4 Å². The standard InChI is InChI=1S/C37H65NO11/c1-14-26-20(4)28(39)21(5)30-18(2)16-37(10,49-30)33(48-35-29(40)25(38(11)12)15-19(3)44-35)22(6)31(23(7)34(42)46-26)47-27-17-36(9,43-13)32(41)24(8)45-27/h19-29,31-33,35,39-41H,14-17H2,1-13H3/t19-,20+,21-,22+,23-,24+,25+,26-,27+,28+,29-,31+,32+,33-,35+,36-,37+/m1/s1.